The lowest BCUT2D eigenvalue weighted by Gasteiger charge is -1.94. The van der Waals surface area contributed by atoms with Gasteiger partial charge in [0.2, 0.25) is 0 Å². The van der Waals surface area contributed by atoms with E-state index < -0.39 is 5.97 Å². The van der Waals surface area contributed by atoms with Crippen LogP contribution >= 0.6 is 34.6 Å². The van der Waals surface area contributed by atoms with Crippen molar-refractivity contribution in [3.05, 3.63) is 16.4 Å². The van der Waals surface area contributed by atoms with Crippen LogP contribution in [0.4, 0.5) is 0 Å². The quantitative estimate of drug-likeness (QED) is 0.913. The molecular formula is C11H13N3O2S3. The van der Waals surface area contributed by atoms with E-state index in [4.69, 9.17) is 5.11 Å². The second kappa shape index (κ2) is 5.98. The van der Waals surface area contributed by atoms with E-state index >= 15 is 0 Å². The molecule has 0 aromatic carbocycles. The van der Waals surface area contributed by atoms with Crippen molar-refractivity contribution in [2.24, 2.45) is 0 Å². The molecule has 5 nitrogen and oxygen atoms in total. The highest BCUT2D eigenvalue weighted by Gasteiger charge is 2.14. The first-order valence-corrected chi connectivity index (χ1v) is 8.06. The van der Waals surface area contributed by atoms with Crippen molar-refractivity contribution in [2.75, 3.05) is 0 Å². The van der Waals surface area contributed by atoms with Crippen LogP contribution in [0.3, 0.4) is 0 Å². The molecule has 0 spiro atoms. The first-order chi connectivity index (χ1) is 8.95. The molecule has 102 valence electrons. The molecule has 19 heavy (non-hydrogen) atoms. The third-order valence-corrected chi connectivity index (χ3v) is 5.28. The molecule has 1 N–H and O–H groups in total. The molecule has 0 aliphatic carbocycles. The number of nitrogens with zero attached hydrogens (tertiary/aromatic N) is 3. The highest BCUT2D eigenvalue weighted by molar-refractivity contribution is 8.02. The average Bonchev–Trinajstić information content (AvgIpc) is 2.87. The first kappa shape index (κ1) is 14.4. The van der Waals surface area contributed by atoms with Crippen LogP contribution in [0.2, 0.25) is 0 Å². The summed E-state index contributed by atoms with van der Waals surface area (Å²) in [6.45, 7) is 5.93. The van der Waals surface area contributed by atoms with E-state index in [1.54, 1.807) is 0 Å². The fraction of sp³-hybridized carbons (Fsp3) is 0.455. The van der Waals surface area contributed by atoms with Gasteiger partial charge in [0.05, 0.1) is 12.1 Å². The summed E-state index contributed by atoms with van der Waals surface area (Å²) in [5, 5.41) is 8.81. The van der Waals surface area contributed by atoms with Gasteiger partial charge in [0.15, 0.2) is 8.68 Å². The molecule has 8 heteroatoms. The standard InChI is InChI=1S/C11H13N3O2S3/c1-5(2)9-13-11(19-14-9)18-10-12-6(3)7(17-10)4-8(15)16/h5H,4H2,1-3H3,(H,15,16). The van der Waals surface area contributed by atoms with Gasteiger partial charge in [-0.15, -0.1) is 11.3 Å². The second-order valence-electron chi connectivity index (χ2n) is 4.23. The number of hydrogen-bond acceptors (Lipinski definition) is 7. The molecule has 0 saturated carbocycles. The van der Waals surface area contributed by atoms with Gasteiger partial charge in [-0.2, -0.15) is 4.37 Å². The highest BCUT2D eigenvalue weighted by Crippen LogP contribution is 2.34. The van der Waals surface area contributed by atoms with E-state index in [9.17, 15) is 4.79 Å². The van der Waals surface area contributed by atoms with Gasteiger partial charge in [-0.1, -0.05) is 13.8 Å². The Morgan fingerprint density at radius 1 is 1.37 bits per heavy atom. The third-order valence-electron chi connectivity index (χ3n) is 2.30. The minimum atomic E-state index is -0.832. The predicted octanol–water partition coefficient (Wildman–Crippen LogP) is 3.20. The van der Waals surface area contributed by atoms with Crippen LogP contribution in [0.5, 0.6) is 0 Å². The van der Waals surface area contributed by atoms with Crippen LogP contribution in [-0.4, -0.2) is 25.4 Å². The van der Waals surface area contributed by atoms with E-state index in [1.165, 1.54) is 34.6 Å². The van der Waals surface area contributed by atoms with Gasteiger partial charge in [0, 0.05) is 10.8 Å². The zero-order chi connectivity index (χ0) is 14.0. The lowest BCUT2D eigenvalue weighted by atomic mass is 10.2. The summed E-state index contributed by atoms with van der Waals surface area (Å²) < 4.78 is 5.95. The van der Waals surface area contributed by atoms with Crippen molar-refractivity contribution in [2.45, 2.75) is 41.8 Å². The fourth-order valence-electron chi connectivity index (χ4n) is 1.32. The Kier molecular flexibility index (Phi) is 4.54. The Hall–Kier alpha value is -0.990. The molecule has 0 aliphatic rings. The Labute approximate surface area is 123 Å². The lowest BCUT2D eigenvalue weighted by Crippen LogP contribution is -1.99. The van der Waals surface area contributed by atoms with Crippen molar-refractivity contribution in [3.63, 3.8) is 0 Å². The Bertz CT molecular complexity index is 592. The molecule has 2 heterocycles. The van der Waals surface area contributed by atoms with Crippen LogP contribution in [0.15, 0.2) is 8.68 Å². The van der Waals surface area contributed by atoms with Crippen LogP contribution in [-0.2, 0) is 11.2 Å². The summed E-state index contributed by atoms with van der Waals surface area (Å²) in [7, 11) is 0. The van der Waals surface area contributed by atoms with Gasteiger partial charge in [-0.25, -0.2) is 9.97 Å². The maximum atomic E-state index is 10.7. The number of aromatic nitrogens is 3. The van der Waals surface area contributed by atoms with Crippen molar-refractivity contribution in [3.8, 4) is 0 Å². The van der Waals surface area contributed by atoms with Crippen molar-refractivity contribution < 1.29 is 9.90 Å². The molecule has 0 unspecified atom stereocenters. The Balaban J connectivity index is 2.12. The number of carboxylic acid groups (broad SMARTS) is 1. The van der Waals surface area contributed by atoms with Gasteiger partial charge in [0.1, 0.15) is 5.82 Å². The first-order valence-electron chi connectivity index (χ1n) is 5.65. The van der Waals surface area contributed by atoms with Crippen LogP contribution < -0.4 is 0 Å². The second-order valence-corrected chi connectivity index (χ2v) is 7.56. The minimum absolute atomic E-state index is 0.0252. The zero-order valence-electron chi connectivity index (χ0n) is 10.7. The van der Waals surface area contributed by atoms with E-state index in [2.05, 4.69) is 28.2 Å². The Morgan fingerprint density at radius 3 is 2.68 bits per heavy atom. The number of carboxylic acids is 1. The number of rotatable bonds is 5. The molecule has 0 saturated heterocycles. The van der Waals surface area contributed by atoms with Crippen LogP contribution in [0, 0.1) is 6.92 Å². The summed E-state index contributed by atoms with van der Waals surface area (Å²) in [4.78, 5) is 20.3. The lowest BCUT2D eigenvalue weighted by molar-refractivity contribution is -0.136. The zero-order valence-corrected chi connectivity index (χ0v) is 13.2. The Morgan fingerprint density at radius 2 is 2.11 bits per heavy atom. The normalized spacial score (nSPS) is 11.2. The van der Waals surface area contributed by atoms with Crippen LogP contribution in [0.25, 0.3) is 0 Å². The minimum Gasteiger partial charge on any atom is -0.481 e. The summed E-state index contributed by atoms with van der Waals surface area (Å²) in [6.07, 6.45) is 0.0252. The molecular weight excluding hydrogens is 302 g/mol. The average molecular weight is 315 g/mol. The molecule has 0 aliphatic heterocycles. The van der Waals surface area contributed by atoms with E-state index in [1.807, 2.05) is 6.92 Å². The molecule has 0 fully saturated rings. The van der Waals surface area contributed by atoms with Gasteiger partial charge in [-0.3, -0.25) is 4.79 Å². The maximum Gasteiger partial charge on any atom is 0.308 e. The van der Waals surface area contributed by atoms with E-state index in [-0.39, 0.29) is 6.42 Å². The predicted molar refractivity (Wildman–Crippen MR) is 76.3 cm³/mol. The summed E-state index contributed by atoms with van der Waals surface area (Å²) in [5.74, 6) is 0.319. The van der Waals surface area contributed by atoms with Crippen molar-refractivity contribution >= 4 is 40.6 Å². The highest BCUT2D eigenvalue weighted by atomic mass is 32.2. The van der Waals surface area contributed by atoms with Gasteiger partial charge >= 0.3 is 5.97 Å². The molecule has 0 amide bonds. The van der Waals surface area contributed by atoms with Gasteiger partial charge in [0.25, 0.3) is 0 Å². The van der Waals surface area contributed by atoms with Gasteiger partial charge in [-0.05, 0) is 30.2 Å². The van der Waals surface area contributed by atoms with Gasteiger partial charge < -0.3 is 5.11 Å². The molecule has 0 radical (unpaired) electrons. The number of carbonyl (C=O) groups is 1. The monoisotopic (exact) mass is 315 g/mol. The van der Waals surface area contributed by atoms with E-state index in [0.29, 0.717) is 5.92 Å². The molecule has 2 aromatic rings. The fourth-order valence-corrected chi connectivity index (χ4v) is 4.49. The number of aliphatic carboxylic acids is 1. The number of hydrogen-bond donors (Lipinski definition) is 1. The molecule has 0 bridgehead atoms. The van der Waals surface area contributed by atoms with Crippen molar-refractivity contribution in [1.29, 1.82) is 0 Å². The molecule has 2 aromatic heterocycles. The van der Waals surface area contributed by atoms with Crippen molar-refractivity contribution in [1.82, 2.24) is 14.3 Å². The molecule has 0 atom stereocenters. The summed E-state index contributed by atoms with van der Waals surface area (Å²) in [6, 6.07) is 0. The third kappa shape index (κ3) is 3.74. The molecule has 2 rings (SSSR count). The summed E-state index contributed by atoms with van der Waals surface area (Å²) in [5.41, 5.74) is 0.781. The maximum absolute atomic E-state index is 10.7. The topological polar surface area (TPSA) is 76.0 Å². The van der Waals surface area contributed by atoms with Crippen LogP contribution in [0.1, 0.15) is 36.2 Å². The number of thiazole rings is 1. The van der Waals surface area contributed by atoms with E-state index in [0.717, 1.165) is 25.1 Å². The number of aryl methyl sites for hydroxylation is 1. The largest absolute Gasteiger partial charge is 0.481 e. The SMILES string of the molecule is Cc1nc(Sc2nc(C(C)C)ns2)sc1CC(=O)O. The smallest absolute Gasteiger partial charge is 0.308 e. The summed E-state index contributed by atoms with van der Waals surface area (Å²) >= 11 is 4.21.